The second-order valence-electron chi connectivity index (χ2n) is 7.08. The van der Waals surface area contributed by atoms with Gasteiger partial charge in [-0.15, -0.1) is 11.8 Å². The Kier molecular flexibility index (Phi) is 7.78. The van der Waals surface area contributed by atoms with Crippen LogP contribution in [-0.2, 0) is 6.54 Å². The number of alkyl halides is 2. The van der Waals surface area contributed by atoms with Gasteiger partial charge in [-0.3, -0.25) is 4.79 Å². The molecular weight excluding hydrogens is 429 g/mol. The van der Waals surface area contributed by atoms with Crippen molar-refractivity contribution < 1.29 is 22.7 Å². The molecule has 1 unspecified atom stereocenters. The van der Waals surface area contributed by atoms with Crippen LogP contribution in [0.1, 0.15) is 47.4 Å². The lowest BCUT2D eigenvalue weighted by molar-refractivity contribution is -0.0504. The van der Waals surface area contributed by atoms with Gasteiger partial charge in [0.05, 0.1) is 0 Å². The molecule has 0 spiro atoms. The number of hydrogen-bond donors (Lipinski definition) is 2. The van der Waals surface area contributed by atoms with Gasteiger partial charge in [0.1, 0.15) is 28.8 Å². The van der Waals surface area contributed by atoms with E-state index in [4.69, 9.17) is 0 Å². The first-order chi connectivity index (χ1) is 14.9. The Morgan fingerprint density at radius 2 is 2.16 bits per heavy atom. The number of nitrogens with one attached hydrogen (secondary N) is 2. The quantitative estimate of drug-likeness (QED) is 0.544. The minimum atomic E-state index is -3.04. The third-order valence-corrected chi connectivity index (χ3v) is 4.97. The average molecular weight is 453 g/mol. The average Bonchev–Trinajstić information content (AvgIpc) is 3.57. The van der Waals surface area contributed by atoms with Gasteiger partial charge < -0.3 is 15.4 Å². The number of benzene rings is 1. The third-order valence-electron chi connectivity index (χ3n) is 4.54. The number of hydrogen-bond acceptors (Lipinski definition) is 6. The van der Waals surface area contributed by atoms with Crippen LogP contribution >= 0.6 is 11.8 Å². The smallest absolute Gasteiger partial charge is 0.387 e. The highest BCUT2D eigenvalue weighted by atomic mass is 32.2. The summed E-state index contributed by atoms with van der Waals surface area (Å²) in [6, 6.07) is 3.06. The van der Waals surface area contributed by atoms with E-state index < -0.39 is 12.4 Å². The number of nitrogens with zero attached hydrogens (tertiary/aromatic N) is 2. The van der Waals surface area contributed by atoms with E-state index in [1.807, 2.05) is 24.7 Å². The number of amides is 1. The molecule has 0 aliphatic heterocycles. The standard InChI is InChI=1S/C21H23F3N4O2S/c1-12(7-8-31-2)27-20(29)16-11-26-18(13-3-4-13)28-19(16)25-10-14-9-15(22)5-6-17(14)30-21(23)24/h5-9,11-13,21H,3-4,10H2,1-2H3,(H,27,29)(H,25,26,28)/b8-7+. The number of carbonyl (C=O) groups is 1. The van der Waals surface area contributed by atoms with Crippen LogP contribution in [0, 0.1) is 5.82 Å². The highest BCUT2D eigenvalue weighted by molar-refractivity contribution is 8.01. The SMILES string of the molecule is CS/C=C/C(C)NC(=O)c1cnc(C2CC2)nc1NCc1cc(F)ccc1OC(F)F. The zero-order valence-electron chi connectivity index (χ0n) is 17.1. The van der Waals surface area contributed by atoms with Crippen LogP contribution in [0.5, 0.6) is 5.75 Å². The molecule has 0 bridgehead atoms. The lowest BCUT2D eigenvalue weighted by Crippen LogP contribution is -2.32. The number of carbonyl (C=O) groups excluding carboxylic acids is 1. The summed E-state index contributed by atoms with van der Waals surface area (Å²) in [6.07, 6.45) is 7.15. The van der Waals surface area contributed by atoms with Gasteiger partial charge in [-0.1, -0.05) is 6.08 Å². The zero-order chi connectivity index (χ0) is 22.4. The van der Waals surface area contributed by atoms with E-state index in [0.29, 0.717) is 5.82 Å². The lowest BCUT2D eigenvalue weighted by atomic mass is 10.2. The fraction of sp³-hybridized carbons (Fsp3) is 0.381. The number of ether oxygens (including phenoxy) is 1. The number of halogens is 3. The highest BCUT2D eigenvalue weighted by Gasteiger charge is 2.28. The Hall–Kier alpha value is -2.75. The molecule has 6 nitrogen and oxygen atoms in total. The topological polar surface area (TPSA) is 76.1 Å². The van der Waals surface area contributed by atoms with E-state index >= 15 is 0 Å². The first kappa shape index (κ1) is 22.9. The van der Waals surface area contributed by atoms with Crippen molar-refractivity contribution in [1.82, 2.24) is 15.3 Å². The van der Waals surface area contributed by atoms with Crippen molar-refractivity contribution in [3.05, 3.63) is 58.6 Å². The summed E-state index contributed by atoms with van der Waals surface area (Å²) in [4.78, 5) is 21.5. The molecule has 3 rings (SSSR count). The van der Waals surface area contributed by atoms with Gasteiger partial charge in [0.15, 0.2) is 0 Å². The van der Waals surface area contributed by atoms with Crippen molar-refractivity contribution in [2.45, 2.75) is 44.9 Å². The summed E-state index contributed by atoms with van der Waals surface area (Å²) >= 11 is 1.52. The molecule has 0 radical (unpaired) electrons. The second kappa shape index (κ2) is 10.5. The second-order valence-corrected chi connectivity index (χ2v) is 7.82. The molecule has 1 amide bonds. The van der Waals surface area contributed by atoms with E-state index in [1.165, 1.54) is 18.0 Å². The number of rotatable bonds is 10. The van der Waals surface area contributed by atoms with Crippen molar-refractivity contribution in [3.8, 4) is 5.75 Å². The van der Waals surface area contributed by atoms with Crippen molar-refractivity contribution in [3.63, 3.8) is 0 Å². The molecule has 1 aromatic heterocycles. The zero-order valence-corrected chi connectivity index (χ0v) is 17.9. The molecule has 0 saturated heterocycles. The van der Waals surface area contributed by atoms with Crippen LogP contribution in [0.25, 0.3) is 0 Å². The van der Waals surface area contributed by atoms with Gasteiger partial charge in [-0.2, -0.15) is 8.78 Å². The number of anilines is 1. The number of thioether (sulfide) groups is 1. The van der Waals surface area contributed by atoms with Gasteiger partial charge in [-0.25, -0.2) is 14.4 Å². The van der Waals surface area contributed by atoms with Gasteiger partial charge in [-0.05, 0) is 49.6 Å². The maximum atomic E-state index is 13.7. The van der Waals surface area contributed by atoms with Crippen LogP contribution in [-0.4, -0.2) is 34.8 Å². The van der Waals surface area contributed by atoms with Gasteiger partial charge in [0.25, 0.3) is 5.91 Å². The molecule has 166 valence electrons. The Balaban J connectivity index is 1.82. The first-order valence-electron chi connectivity index (χ1n) is 9.71. The van der Waals surface area contributed by atoms with E-state index in [2.05, 4.69) is 25.3 Å². The fourth-order valence-electron chi connectivity index (χ4n) is 2.84. The summed E-state index contributed by atoms with van der Waals surface area (Å²) in [7, 11) is 0. The molecule has 1 saturated carbocycles. The summed E-state index contributed by atoms with van der Waals surface area (Å²) < 4.78 is 43.5. The molecule has 1 aliphatic rings. The van der Waals surface area contributed by atoms with Gasteiger partial charge in [0, 0.05) is 30.3 Å². The molecule has 31 heavy (non-hydrogen) atoms. The predicted octanol–water partition coefficient (Wildman–Crippen LogP) is 4.70. The third kappa shape index (κ3) is 6.61. The minimum Gasteiger partial charge on any atom is -0.434 e. The normalized spacial score (nSPS) is 14.6. The predicted molar refractivity (Wildman–Crippen MR) is 114 cm³/mol. The molecule has 2 aromatic rings. The molecular formula is C21H23F3N4O2S. The van der Waals surface area contributed by atoms with Crippen molar-refractivity contribution in [1.29, 1.82) is 0 Å². The van der Waals surface area contributed by atoms with Crippen LogP contribution in [0.15, 0.2) is 35.9 Å². The largest absolute Gasteiger partial charge is 0.434 e. The molecule has 1 fully saturated rings. The molecule has 1 heterocycles. The fourth-order valence-corrected chi connectivity index (χ4v) is 3.23. The summed E-state index contributed by atoms with van der Waals surface area (Å²) in [5, 5.41) is 7.67. The summed E-state index contributed by atoms with van der Waals surface area (Å²) in [5.74, 6) is -0.0193. The van der Waals surface area contributed by atoms with Crippen molar-refractivity contribution in [2.24, 2.45) is 0 Å². The summed E-state index contributed by atoms with van der Waals surface area (Å²) in [6.45, 7) is -1.28. The summed E-state index contributed by atoms with van der Waals surface area (Å²) in [5.41, 5.74) is 0.385. The minimum absolute atomic E-state index is 0.0663. The van der Waals surface area contributed by atoms with E-state index in [0.717, 1.165) is 31.0 Å². The Morgan fingerprint density at radius 3 is 2.84 bits per heavy atom. The van der Waals surface area contributed by atoms with Gasteiger partial charge >= 0.3 is 6.61 Å². The van der Waals surface area contributed by atoms with Crippen molar-refractivity contribution in [2.75, 3.05) is 11.6 Å². The van der Waals surface area contributed by atoms with Crippen molar-refractivity contribution >= 4 is 23.5 Å². The molecule has 2 N–H and O–H groups in total. The molecule has 1 atom stereocenters. The van der Waals surface area contributed by atoms with Crippen LogP contribution in [0.3, 0.4) is 0 Å². The van der Waals surface area contributed by atoms with Crippen LogP contribution in [0.2, 0.25) is 0 Å². The molecule has 10 heteroatoms. The Bertz CT molecular complexity index is 954. The van der Waals surface area contributed by atoms with E-state index in [-0.39, 0.29) is 47.1 Å². The number of aromatic nitrogens is 2. The maximum absolute atomic E-state index is 13.7. The monoisotopic (exact) mass is 452 g/mol. The highest BCUT2D eigenvalue weighted by Crippen LogP contribution is 2.38. The maximum Gasteiger partial charge on any atom is 0.387 e. The van der Waals surface area contributed by atoms with E-state index in [1.54, 1.807) is 0 Å². The Morgan fingerprint density at radius 1 is 1.39 bits per heavy atom. The Labute approximate surface area is 182 Å². The van der Waals surface area contributed by atoms with E-state index in [9.17, 15) is 18.0 Å². The van der Waals surface area contributed by atoms with Gasteiger partial charge in [0.2, 0.25) is 0 Å². The van der Waals surface area contributed by atoms with Crippen LogP contribution in [0.4, 0.5) is 19.0 Å². The van der Waals surface area contributed by atoms with Crippen LogP contribution < -0.4 is 15.4 Å². The lowest BCUT2D eigenvalue weighted by Gasteiger charge is -2.16. The molecule has 1 aliphatic carbocycles. The molecule has 1 aromatic carbocycles. The first-order valence-corrected chi connectivity index (χ1v) is 11.0.